The number of hydrogen-bond donors (Lipinski definition) is 0. The van der Waals surface area contributed by atoms with Crippen LogP contribution in [0.4, 0.5) is 0 Å². The van der Waals surface area contributed by atoms with Gasteiger partial charge in [-0.3, -0.25) is 4.79 Å². The van der Waals surface area contributed by atoms with Gasteiger partial charge in [-0.25, -0.2) is 8.42 Å². The molecule has 5 heteroatoms. The van der Waals surface area contributed by atoms with Gasteiger partial charge in [0.05, 0.1) is 5.75 Å². The van der Waals surface area contributed by atoms with Gasteiger partial charge < -0.3 is 4.90 Å². The predicted molar refractivity (Wildman–Crippen MR) is 90.6 cm³/mol. The molecule has 0 fully saturated rings. The maximum atomic E-state index is 12.6. The van der Waals surface area contributed by atoms with E-state index in [1.54, 1.807) is 24.3 Å². The maximum Gasteiger partial charge on any atom is 0.253 e. The number of carbonyl (C=O) groups is 1. The van der Waals surface area contributed by atoms with Crippen LogP contribution in [0, 0.1) is 11.8 Å². The van der Waals surface area contributed by atoms with E-state index >= 15 is 0 Å². The molecule has 0 aromatic heterocycles. The molecular weight excluding hydrogens is 298 g/mol. The number of benzene rings is 1. The van der Waals surface area contributed by atoms with E-state index in [0.29, 0.717) is 23.0 Å². The van der Waals surface area contributed by atoms with Crippen LogP contribution in [0.3, 0.4) is 0 Å². The van der Waals surface area contributed by atoms with Gasteiger partial charge in [0.1, 0.15) is 0 Å². The molecule has 0 heterocycles. The fourth-order valence-corrected chi connectivity index (χ4v) is 3.15. The number of carbonyl (C=O) groups excluding carboxylic acids is 1. The number of rotatable bonds is 7. The van der Waals surface area contributed by atoms with Crippen molar-refractivity contribution >= 4 is 15.7 Å². The van der Waals surface area contributed by atoms with Gasteiger partial charge in [0.15, 0.2) is 9.84 Å². The minimum absolute atomic E-state index is 0.00315. The summed E-state index contributed by atoms with van der Waals surface area (Å²) < 4.78 is 22.6. The van der Waals surface area contributed by atoms with E-state index in [1.807, 2.05) is 4.90 Å². The molecule has 0 N–H and O–H groups in total. The van der Waals surface area contributed by atoms with Crippen molar-refractivity contribution in [3.05, 3.63) is 35.4 Å². The molecule has 0 aliphatic heterocycles. The first kappa shape index (κ1) is 18.7. The Morgan fingerprint density at radius 2 is 1.45 bits per heavy atom. The molecule has 0 aliphatic rings. The minimum atomic E-state index is -3.05. The normalized spacial score (nSPS) is 12.0. The van der Waals surface area contributed by atoms with Crippen LogP contribution < -0.4 is 0 Å². The Kier molecular flexibility index (Phi) is 6.60. The molecule has 1 rings (SSSR count). The lowest BCUT2D eigenvalue weighted by molar-refractivity contribution is 0.0715. The number of amides is 1. The van der Waals surface area contributed by atoms with Gasteiger partial charge in [0, 0.05) is 24.9 Å². The zero-order valence-corrected chi connectivity index (χ0v) is 15.0. The smallest absolute Gasteiger partial charge is 0.253 e. The second-order valence-electron chi connectivity index (χ2n) is 6.76. The van der Waals surface area contributed by atoms with Crippen LogP contribution in [0.5, 0.6) is 0 Å². The third-order valence-corrected chi connectivity index (χ3v) is 3.95. The lowest BCUT2D eigenvalue weighted by atomic mass is 10.1. The second-order valence-corrected chi connectivity index (χ2v) is 8.91. The third-order valence-electron chi connectivity index (χ3n) is 3.09. The second kappa shape index (κ2) is 7.77. The molecule has 0 spiro atoms. The van der Waals surface area contributed by atoms with Crippen LogP contribution in [-0.2, 0) is 15.6 Å². The van der Waals surface area contributed by atoms with Crippen LogP contribution in [0.15, 0.2) is 24.3 Å². The number of sulfone groups is 1. The molecule has 1 amide bonds. The summed E-state index contributed by atoms with van der Waals surface area (Å²) in [6.07, 6.45) is 1.21. The zero-order valence-electron chi connectivity index (χ0n) is 14.2. The Bertz CT molecular complexity index is 579. The quantitative estimate of drug-likeness (QED) is 0.774. The van der Waals surface area contributed by atoms with Crippen molar-refractivity contribution in [2.45, 2.75) is 33.4 Å². The minimum Gasteiger partial charge on any atom is -0.338 e. The number of nitrogens with zero attached hydrogens (tertiary/aromatic N) is 1. The average Bonchev–Trinajstić information content (AvgIpc) is 2.35. The molecule has 0 saturated carbocycles. The van der Waals surface area contributed by atoms with Crippen LogP contribution in [0.1, 0.15) is 43.6 Å². The van der Waals surface area contributed by atoms with Crippen molar-refractivity contribution in [1.29, 1.82) is 0 Å². The Balaban J connectivity index is 2.89. The molecule has 124 valence electrons. The highest BCUT2D eigenvalue weighted by Gasteiger charge is 2.18. The van der Waals surface area contributed by atoms with Crippen molar-refractivity contribution in [2.24, 2.45) is 11.8 Å². The van der Waals surface area contributed by atoms with Gasteiger partial charge in [0.25, 0.3) is 5.91 Å². The van der Waals surface area contributed by atoms with Gasteiger partial charge in [-0.15, -0.1) is 0 Å². The molecule has 0 unspecified atom stereocenters. The van der Waals surface area contributed by atoms with E-state index < -0.39 is 9.84 Å². The summed E-state index contributed by atoms with van der Waals surface area (Å²) in [7, 11) is -3.05. The van der Waals surface area contributed by atoms with Gasteiger partial charge in [-0.1, -0.05) is 39.8 Å². The molecule has 0 radical (unpaired) electrons. The van der Waals surface area contributed by atoms with E-state index in [0.717, 1.165) is 13.1 Å². The Labute approximate surface area is 134 Å². The number of hydrogen-bond acceptors (Lipinski definition) is 3. The summed E-state index contributed by atoms with van der Waals surface area (Å²) in [6, 6.07) is 6.88. The van der Waals surface area contributed by atoms with Gasteiger partial charge >= 0.3 is 0 Å². The van der Waals surface area contributed by atoms with Crippen LogP contribution in [0.25, 0.3) is 0 Å². The van der Waals surface area contributed by atoms with Crippen molar-refractivity contribution in [3.63, 3.8) is 0 Å². The first-order chi connectivity index (χ1) is 10.1. The molecule has 0 atom stereocenters. The van der Waals surface area contributed by atoms with Crippen molar-refractivity contribution in [2.75, 3.05) is 19.3 Å². The lowest BCUT2D eigenvalue weighted by Crippen LogP contribution is -2.37. The fraction of sp³-hybridized carbons (Fsp3) is 0.588. The van der Waals surface area contributed by atoms with Crippen molar-refractivity contribution < 1.29 is 13.2 Å². The van der Waals surface area contributed by atoms with Gasteiger partial charge in [0.2, 0.25) is 0 Å². The van der Waals surface area contributed by atoms with Gasteiger partial charge in [-0.2, -0.15) is 0 Å². The Morgan fingerprint density at radius 3 is 1.82 bits per heavy atom. The monoisotopic (exact) mass is 325 g/mol. The molecular formula is C17H27NO3S. The summed E-state index contributed by atoms with van der Waals surface area (Å²) in [5, 5.41) is 0. The lowest BCUT2D eigenvalue weighted by Gasteiger charge is -2.26. The van der Waals surface area contributed by atoms with Crippen LogP contribution >= 0.6 is 0 Å². The molecule has 0 bridgehead atoms. The highest BCUT2D eigenvalue weighted by Crippen LogP contribution is 2.13. The van der Waals surface area contributed by atoms with Crippen molar-refractivity contribution in [3.8, 4) is 0 Å². The molecule has 4 nitrogen and oxygen atoms in total. The molecule has 1 aromatic rings. The topological polar surface area (TPSA) is 54.5 Å². The third kappa shape index (κ3) is 6.60. The summed E-state index contributed by atoms with van der Waals surface area (Å²) in [5.74, 6) is 0.830. The zero-order chi connectivity index (χ0) is 16.9. The van der Waals surface area contributed by atoms with Crippen LogP contribution in [0.2, 0.25) is 0 Å². The predicted octanol–water partition coefficient (Wildman–Crippen LogP) is 2.99. The standard InChI is InChI=1S/C17H27NO3S/c1-13(2)10-18(11-14(3)4)17(19)16-8-6-15(7-9-16)12-22(5,20)21/h6-9,13-14H,10-12H2,1-5H3. The van der Waals surface area contributed by atoms with Crippen molar-refractivity contribution in [1.82, 2.24) is 4.90 Å². The van der Waals surface area contributed by atoms with Crippen LogP contribution in [-0.4, -0.2) is 38.6 Å². The molecule has 22 heavy (non-hydrogen) atoms. The van der Waals surface area contributed by atoms with E-state index in [-0.39, 0.29) is 11.7 Å². The first-order valence-corrected chi connectivity index (χ1v) is 9.70. The summed E-state index contributed by atoms with van der Waals surface area (Å²) >= 11 is 0. The van der Waals surface area contributed by atoms with E-state index in [1.165, 1.54) is 6.26 Å². The highest BCUT2D eigenvalue weighted by atomic mass is 32.2. The largest absolute Gasteiger partial charge is 0.338 e. The van der Waals surface area contributed by atoms with Gasteiger partial charge in [-0.05, 0) is 29.5 Å². The maximum absolute atomic E-state index is 12.6. The molecule has 0 saturated heterocycles. The average molecular weight is 325 g/mol. The summed E-state index contributed by atoms with van der Waals surface area (Å²) in [4.78, 5) is 14.5. The first-order valence-electron chi connectivity index (χ1n) is 7.64. The van der Waals surface area contributed by atoms with E-state index in [9.17, 15) is 13.2 Å². The van der Waals surface area contributed by atoms with E-state index in [4.69, 9.17) is 0 Å². The molecule has 1 aromatic carbocycles. The summed E-state index contributed by atoms with van der Waals surface area (Å²) in [5.41, 5.74) is 1.32. The molecule has 0 aliphatic carbocycles. The van der Waals surface area contributed by atoms with E-state index in [2.05, 4.69) is 27.7 Å². The Morgan fingerprint density at radius 1 is 1.00 bits per heavy atom. The highest BCUT2D eigenvalue weighted by molar-refractivity contribution is 7.89. The SMILES string of the molecule is CC(C)CN(CC(C)C)C(=O)c1ccc(CS(C)(=O)=O)cc1. The Hall–Kier alpha value is -1.36. The fourth-order valence-electron chi connectivity index (χ4n) is 2.35. The summed E-state index contributed by atoms with van der Waals surface area (Å²) in [6.45, 7) is 9.82.